The van der Waals surface area contributed by atoms with E-state index in [1.165, 1.54) is 29.4 Å². The van der Waals surface area contributed by atoms with Crippen LogP contribution in [-0.4, -0.2) is 40.1 Å². The fourth-order valence-electron chi connectivity index (χ4n) is 3.21. The number of anilines is 1. The summed E-state index contributed by atoms with van der Waals surface area (Å²) >= 11 is 0. The Morgan fingerprint density at radius 1 is 1.37 bits per heavy atom. The van der Waals surface area contributed by atoms with Crippen LogP contribution in [-0.2, 0) is 11.3 Å². The number of likely N-dealkylation sites (tertiary alicyclic amines) is 1. The lowest BCUT2D eigenvalue weighted by Crippen LogP contribution is -2.41. The Morgan fingerprint density at radius 2 is 2.19 bits per heavy atom. The van der Waals surface area contributed by atoms with Gasteiger partial charge in [0.1, 0.15) is 0 Å². The lowest BCUT2D eigenvalue weighted by molar-refractivity contribution is -0.124. The molecule has 0 unspecified atom stereocenters. The minimum Gasteiger partial charge on any atom is -0.364 e. The second-order valence-corrected chi connectivity index (χ2v) is 6.61. The molecule has 1 saturated heterocycles. The molecule has 1 aromatic heterocycles. The van der Waals surface area contributed by atoms with Crippen molar-refractivity contribution >= 4 is 17.8 Å². The Hall–Kier alpha value is -2.77. The second-order valence-electron chi connectivity index (χ2n) is 6.61. The van der Waals surface area contributed by atoms with E-state index in [9.17, 15) is 9.18 Å². The van der Waals surface area contributed by atoms with Crippen LogP contribution in [0, 0.1) is 5.82 Å². The van der Waals surface area contributed by atoms with Crippen molar-refractivity contribution in [3.8, 4) is 0 Å². The van der Waals surface area contributed by atoms with Crippen LogP contribution in [0.1, 0.15) is 24.0 Å². The first kappa shape index (κ1) is 19.0. The third-order valence-electron chi connectivity index (χ3n) is 4.50. The highest BCUT2D eigenvalue weighted by Crippen LogP contribution is 2.19. The van der Waals surface area contributed by atoms with E-state index in [-0.39, 0.29) is 11.9 Å². The van der Waals surface area contributed by atoms with Gasteiger partial charge in [-0.15, -0.1) is 0 Å². The molecule has 0 radical (unpaired) electrons. The van der Waals surface area contributed by atoms with Crippen LogP contribution in [0.15, 0.2) is 48.7 Å². The highest BCUT2D eigenvalue weighted by Gasteiger charge is 2.21. The van der Waals surface area contributed by atoms with Crippen LogP contribution in [0.3, 0.4) is 0 Å². The molecule has 1 atom stereocenters. The molecule has 1 aliphatic rings. The van der Waals surface area contributed by atoms with Crippen LogP contribution >= 0.6 is 0 Å². The molecule has 3 rings (SSSR count). The van der Waals surface area contributed by atoms with Crippen molar-refractivity contribution in [2.75, 3.05) is 18.4 Å². The van der Waals surface area contributed by atoms with Crippen molar-refractivity contribution in [3.05, 3.63) is 65.6 Å². The van der Waals surface area contributed by atoms with Gasteiger partial charge < -0.3 is 5.32 Å². The third kappa shape index (κ3) is 5.60. The van der Waals surface area contributed by atoms with E-state index in [0.717, 1.165) is 38.6 Å². The summed E-state index contributed by atoms with van der Waals surface area (Å²) < 4.78 is 14.3. The number of pyridine rings is 1. The third-order valence-corrected chi connectivity index (χ3v) is 4.50. The van der Waals surface area contributed by atoms with Gasteiger partial charge in [0, 0.05) is 31.4 Å². The average Bonchev–Trinajstić information content (AvgIpc) is 2.69. The Labute approximate surface area is 157 Å². The SMILES string of the molecule is O=C(/C=C/c1cnc(N[C@@H]2CCCN(Cc3ccccc3)C2)c(F)c1)NO. The quantitative estimate of drug-likeness (QED) is 0.414. The van der Waals surface area contributed by atoms with Crippen LogP contribution in [0.4, 0.5) is 10.2 Å². The summed E-state index contributed by atoms with van der Waals surface area (Å²) in [5.74, 6) is -0.939. The van der Waals surface area contributed by atoms with Crippen molar-refractivity contribution in [2.45, 2.75) is 25.4 Å². The number of nitrogens with one attached hydrogen (secondary N) is 2. The molecule has 3 N–H and O–H groups in total. The Balaban J connectivity index is 1.59. The minimum absolute atomic E-state index is 0.131. The fourth-order valence-corrected chi connectivity index (χ4v) is 3.21. The van der Waals surface area contributed by atoms with E-state index in [4.69, 9.17) is 5.21 Å². The van der Waals surface area contributed by atoms with E-state index in [2.05, 4.69) is 27.3 Å². The molecule has 1 aromatic carbocycles. The maximum atomic E-state index is 14.3. The van der Waals surface area contributed by atoms with Gasteiger partial charge >= 0.3 is 0 Å². The number of halogens is 1. The monoisotopic (exact) mass is 370 g/mol. The van der Waals surface area contributed by atoms with Gasteiger partial charge in [0.15, 0.2) is 11.6 Å². The lowest BCUT2D eigenvalue weighted by Gasteiger charge is -2.33. The molecular weight excluding hydrogens is 347 g/mol. The number of benzene rings is 1. The number of piperidine rings is 1. The zero-order valence-corrected chi connectivity index (χ0v) is 14.9. The first-order chi connectivity index (χ1) is 13.1. The number of hydroxylamine groups is 1. The molecule has 2 heterocycles. The first-order valence-corrected chi connectivity index (χ1v) is 8.94. The molecule has 27 heavy (non-hydrogen) atoms. The van der Waals surface area contributed by atoms with E-state index in [0.29, 0.717) is 5.56 Å². The van der Waals surface area contributed by atoms with Gasteiger partial charge in [-0.05, 0) is 42.7 Å². The van der Waals surface area contributed by atoms with Crippen molar-refractivity contribution in [1.82, 2.24) is 15.4 Å². The van der Waals surface area contributed by atoms with Crippen molar-refractivity contribution in [3.63, 3.8) is 0 Å². The van der Waals surface area contributed by atoms with Crippen LogP contribution in [0.5, 0.6) is 0 Å². The Kier molecular flexibility index (Phi) is 6.51. The zero-order chi connectivity index (χ0) is 19.1. The fraction of sp³-hybridized carbons (Fsp3) is 0.300. The van der Waals surface area contributed by atoms with E-state index in [1.54, 1.807) is 0 Å². The van der Waals surface area contributed by atoms with Gasteiger partial charge in [0.2, 0.25) is 0 Å². The van der Waals surface area contributed by atoms with Crippen LogP contribution in [0.25, 0.3) is 6.08 Å². The molecule has 2 aromatic rings. The molecule has 0 aliphatic carbocycles. The number of carbonyl (C=O) groups is 1. The predicted octanol–water partition coefficient (Wildman–Crippen LogP) is 2.82. The van der Waals surface area contributed by atoms with Crippen molar-refractivity contribution < 1.29 is 14.4 Å². The smallest absolute Gasteiger partial charge is 0.267 e. The number of hydrogen-bond acceptors (Lipinski definition) is 5. The highest BCUT2D eigenvalue weighted by molar-refractivity contribution is 5.90. The maximum Gasteiger partial charge on any atom is 0.267 e. The number of carbonyl (C=O) groups excluding carboxylic acids is 1. The van der Waals surface area contributed by atoms with Gasteiger partial charge in [-0.25, -0.2) is 14.9 Å². The van der Waals surface area contributed by atoms with Crippen molar-refractivity contribution in [1.29, 1.82) is 0 Å². The number of hydrogen-bond donors (Lipinski definition) is 3. The standard InChI is InChI=1S/C20H23FN4O2/c21-18-11-16(8-9-19(26)24-27)12-22-20(18)23-17-7-4-10-25(14-17)13-15-5-2-1-3-6-15/h1-3,5-6,8-9,11-12,17,27H,4,7,10,13-14H2,(H,22,23)(H,24,26)/b9-8+/t17-/m1/s1. The summed E-state index contributed by atoms with van der Waals surface area (Å²) in [6, 6.07) is 11.7. The maximum absolute atomic E-state index is 14.3. The summed E-state index contributed by atoms with van der Waals surface area (Å²) in [6.45, 7) is 2.74. The van der Waals surface area contributed by atoms with Gasteiger partial charge in [-0.3, -0.25) is 14.9 Å². The second kappa shape index (κ2) is 9.25. The molecule has 7 heteroatoms. The van der Waals surface area contributed by atoms with Gasteiger partial charge in [-0.2, -0.15) is 0 Å². The van der Waals surface area contributed by atoms with Crippen LogP contribution < -0.4 is 10.8 Å². The Bertz CT molecular complexity index is 798. The van der Waals surface area contributed by atoms with E-state index >= 15 is 0 Å². The van der Waals surface area contributed by atoms with Gasteiger partial charge in [-0.1, -0.05) is 30.3 Å². The molecular formula is C20H23FN4O2. The molecule has 1 amide bonds. The summed E-state index contributed by atoms with van der Waals surface area (Å²) in [6.07, 6.45) is 5.98. The van der Waals surface area contributed by atoms with Crippen molar-refractivity contribution in [2.24, 2.45) is 0 Å². The molecule has 1 aliphatic heterocycles. The predicted molar refractivity (Wildman–Crippen MR) is 102 cm³/mol. The topological polar surface area (TPSA) is 77.5 Å². The van der Waals surface area contributed by atoms with E-state index < -0.39 is 11.7 Å². The summed E-state index contributed by atoms with van der Waals surface area (Å²) in [5, 5.41) is 11.7. The summed E-state index contributed by atoms with van der Waals surface area (Å²) in [5.41, 5.74) is 3.19. The summed E-state index contributed by atoms with van der Waals surface area (Å²) in [7, 11) is 0. The van der Waals surface area contributed by atoms with E-state index in [1.807, 2.05) is 18.2 Å². The summed E-state index contributed by atoms with van der Waals surface area (Å²) in [4.78, 5) is 17.5. The molecule has 142 valence electrons. The lowest BCUT2D eigenvalue weighted by atomic mass is 10.0. The molecule has 0 saturated carbocycles. The molecule has 1 fully saturated rings. The number of nitrogens with zero attached hydrogens (tertiary/aromatic N) is 2. The number of rotatable bonds is 6. The minimum atomic E-state index is -0.682. The van der Waals surface area contributed by atoms with Gasteiger partial charge in [0.25, 0.3) is 5.91 Å². The molecule has 6 nitrogen and oxygen atoms in total. The highest BCUT2D eigenvalue weighted by atomic mass is 19.1. The van der Waals surface area contributed by atoms with Crippen LogP contribution in [0.2, 0.25) is 0 Å². The number of amides is 1. The number of aromatic nitrogens is 1. The zero-order valence-electron chi connectivity index (χ0n) is 14.9. The normalized spacial score (nSPS) is 17.8. The molecule has 0 spiro atoms. The Morgan fingerprint density at radius 3 is 2.93 bits per heavy atom. The largest absolute Gasteiger partial charge is 0.364 e. The molecule has 0 bridgehead atoms. The van der Waals surface area contributed by atoms with Gasteiger partial charge in [0.05, 0.1) is 0 Å². The first-order valence-electron chi connectivity index (χ1n) is 8.94. The average molecular weight is 370 g/mol.